The van der Waals surface area contributed by atoms with E-state index >= 15 is 0 Å². The van der Waals surface area contributed by atoms with E-state index in [-0.39, 0.29) is 23.6 Å². The summed E-state index contributed by atoms with van der Waals surface area (Å²) in [5, 5.41) is 1.33. The van der Waals surface area contributed by atoms with E-state index in [2.05, 4.69) is 0 Å². The number of carbonyl (C=O) groups excluding carboxylic acids is 3. The number of benzene rings is 1. The van der Waals surface area contributed by atoms with E-state index in [1.165, 1.54) is 12.2 Å². The number of ether oxygens (including phenoxy) is 1. The van der Waals surface area contributed by atoms with Crippen LogP contribution in [0.25, 0.3) is 5.57 Å². The predicted octanol–water partition coefficient (Wildman–Crippen LogP) is 3.25. The minimum absolute atomic E-state index is 0.0966. The van der Waals surface area contributed by atoms with Crippen LogP contribution >= 0.6 is 0 Å². The molecular formula is C22H25NO5. The number of carbonyl (C=O) groups is 3. The summed E-state index contributed by atoms with van der Waals surface area (Å²) in [6, 6.07) is 5.82. The molecular weight excluding hydrogens is 358 g/mol. The predicted molar refractivity (Wildman–Crippen MR) is 102 cm³/mol. The van der Waals surface area contributed by atoms with Crippen molar-refractivity contribution < 1.29 is 24.0 Å². The molecule has 0 aromatic heterocycles. The number of hydrogen-bond acceptors (Lipinski definition) is 5. The van der Waals surface area contributed by atoms with Crippen molar-refractivity contribution in [2.24, 2.45) is 5.92 Å². The molecule has 0 N–H and O–H groups in total. The van der Waals surface area contributed by atoms with Gasteiger partial charge in [0, 0.05) is 12.8 Å². The second kappa shape index (κ2) is 6.85. The lowest BCUT2D eigenvalue weighted by atomic mass is 9.79. The van der Waals surface area contributed by atoms with Gasteiger partial charge in [-0.05, 0) is 56.2 Å². The molecule has 0 bridgehead atoms. The Kier molecular flexibility index (Phi) is 4.62. The molecule has 28 heavy (non-hydrogen) atoms. The van der Waals surface area contributed by atoms with Crippen LogP contribution in [0.3, 0.4) is 0 Å². The average Bonchev–Trinajstić information content (AvgIpc) is 3.48. The number of aryl methyl sites for hydroxylation is 2. The van der Waals surface area contributed by atoms with Crippen LogP contribution in [0.15, 0.2) is 24.0 Å². The van der Waals surface area contributed by atoms with Crippen molar-refractivity contribution in [3.63, 3.8) is 0 Å². The number of nitrogens with zero attached hydrogens (tertiary/aromatic N) is 1. The molecule has 0 saturated heterocycles. The van der Waals surface area contributed by atoms with Gasteiger partial charge in [0.15, 0.2) is 0 Å². The number of Topliss-reactive ketones (excluding diaryl/α,β-unsaturated/α-hetero) is 1. The molecule has 6 nitrogen and oxygen atoms in total. The van der Waals surface area contributed by atoms with Crippen molar-refractivity contribution in [1.82, 2.24) is 5.06 Å². The number of rotatable bonds is 4. The van der Waals surface area contributed by atoms with Crippen LogP contribution in [0, 0.1) is 19.8 Å². The standard InChI is InChI=1S/C22H25NO5/c1-13-5-4-6-14(2)17(13)18-19(28-21(26)15-7-8-15)22(23(27-3)20(18)25)11-9-16(24)10-12-22/h4-6,15H,7-12H2,1-3H3. The summed E-state index contributed by atoms with van der Waals surface area (Å²) in [4.78, 5) is 43.5. The Morgan fingerprint density at radius 3 is 2.25 bits per heavy atom. The van der Waals surface area contributed by atoms with Crippen LogP contribution in [0.1, 0.15) is 55.2 Å². The zero-order valence-electron chi connectivity index (χ0n) is 16.5. The fourth-order valence-electron chi connectivity index (χ4n) is 4.43. The van der Waals surface area contributed by atoms with Crippen molar-refractivity contribution in [3.8, 4) is 0 Å². The molecule has 0 atom stereocenters. The topological polar surface area (TPSA) is 72.9 Å². The fourth-order valence-corrected chi connectivity index (χ4v) is 4.43. The molecule has 4 rings (SSSR count). The largest absolute Gasteiger partial charge is 0.427 e. The van der Waals surface area contributed by atoms with Gasteiger partial charge in [-0.1, -0.05) is 18.2 Å². The first-order valence-corrected chi connectivity index (χ1v) is 9.82. The normalized spacial score (nSPS) is 21.6. The Balaban J connectivity index is 1.91. The second-order valence-corrected chi connectivity index (χ2v) is 8.02. The Morgan fingerprint density at radius 1 is 1.11 bits per heavy atom. The minimum Gasteiger partial charge on any atom is -0.427 e. The van der Waals surface area contributed by atoms with Gasteiger partial charge in [-0.3, -0.25) is 19.2 Å². The molecule has 2 saturated carbocycles. The Hall–Kier alpha value is -2.47. The second-order valence-electron chi connectivity index (χ2n) is 8.02. The van der Waals surface area contributed by atoms with Crippen LogP contribution in [0.4, 0.5) is 0 Å². The van der Waals surface area contributed by atoms with E-state index in [1.54, 1.807) is 0 Å². The smallest absolute Gasteiger partial charge is 0.314 e. The van der Waals surface area contributed by atoms with E-state index in [9.17, 15) is 14.4 Å². The Bertz CT molecular complexity index is 866. The molecule has 2 fully saturated rings. The van der Waals surface area contributed by atoms with Crippen molar-refractivity contribution >= 4 is 23.2 Å². The maximum Gasteiger partial charge on any atom is 0.314 e. The maximum absolute atomic E-state index is 13.4. The van der Waals surface area contributed by atoms with Gasteiger partial charge in [-0.15, -0.1) is 0 Å². The fraction of sp³-hybridized carbons (Fsp3) is 0.500. The lowest BCUT2D eigenvalue weighted by molar-refractivity contribution is -0.202. The van der Waals surface area contributed by atoms with Crippen LogP contribution in [-0.2, 0) is 24.0 Å². The van der Waals surface area contributed by atoms with Gasteiger partial charge in [0.05, 0.1) is 18.6 Å². The zero-order valence-corrected chi connectivity index (χ0v) is 16.5. The summed E-state index contributed by atoms with van der Waals surface area (Å²) in [5.41, 5.74) is 2.13. The van der Waals surface area contributed by atoms with E-state index in [0.29, 0.717) is 37.0 Å². The first kappa shape index (κ1) is 18.9. The number of hydrogen-bond donors (Lipinski definition) is 0. The molecule has 2 aliphatic carbocycles. The Morgan fingerprint density at radius 2 is 1.71 bits per heavy atom. The van der Waals surface area contributed by atoms with Gasteiger partial charge >= 0.3 is 5.97 Å². The Labute approximate surface area is 164 Å². The van der Waals surface area contributed by atoms with Crippen molar-refractivity contribution in [3.05, 3.63) is 40.6 Å². The number of hydroxylamine groups is 2. The molecule has 6 heteroatoms. The van der Waals surface area contributed by atoms with Gasteiger partial charge in [-0.2, -0.15) is 0 Å². The van der Waals surface area contributed by atoms with Crippen molar-refractivity contribution in [2.75, 3.05) is 7.11 Å². The molecule has 1 aromatic carbocycles. The van der Waals surface area contributed by atoms with Gasteiger partial charge < -0.3 is 4.74 Å². The highest BCUT2D eigenvalue weighted by Gasteiger charge is 2.57. The highest BCUT2D eigenvalue weighted by Crippen LogP contribution is 2.50. The van der Waals surface area contributed by atoms with E-state index in [1.807, 2.05) is 32.0 Å². The molecule has 3 aliphatic rings. The minimum atomic E-state index is -0.908. The molecule has 1 aliphatic heterocycles. The number of amides is 1. The molecule has 1 spiro atoms. The third kappa shape index (κ3) is 2.87. The maximum atomic E-state index is 13.4. The first-order valence-electron chi connectivity index (χ1n) is 9.82. The summed E-state index contributed by atoms with van der Waals surface area (Å²) in [6.07, 6.45) is 3.09. The summed E-state index contributed by atoms with van der Waals surface area (Å²) in [7, 11) is 1.45. The van der Waals surface area contributed by atoms with Gasteiger partial charge in [0.25, 0.3) is 5.91 Å². The highest BCUT2D eigenvalue weighted by molar-refractivity contribution is 6.24. The molecule has 148 valence electrons. The number of esters is 1. The lowest BCUT2D eigenvalue weighted by Crippen LogP contribution is -2.50. The van der Waals surface area contributed by atoms with Gasteiger partial charge in [0.2, 0.25) is 0 Å². The van der Waals surface area contributed by atoms with E-state index in [0.717, 1.165) is 29.5 Å². The molecule has 1 heterocycles. The van der Waals surface area contributed by atoms with Crippen LogP contribution in [0.2, 0.25) is 0 Å². The third-order valence-electron chi connectivity index (χ3n) is 6.10. The highest BCUT2D eigenvalue weighted by atomic mass is 16.7. The number of ketones is 1. The van der Waals surface area contributed by atoms with Crippen LogP contribution in [-0.4, -0.2) is 35.4 Å². The lowest BCUT2D eigenvalue weighted by Gasteiger charge is -2.40. The molecule has 0 radical (unpaired) electrons. The summed E-state index contributed by atoms with van der Waals surface area (Å²) in [5.74, 6) is -0.182. The molecule has 0 unspecified atom stereocenters. The quantitative estimate of drug-likeness (QED) is 0.746. The summed E-state index contributed by atoms with van der Waals surface area (Å²) < 4.78 is 5.93. The van der Waals surface area contributed by atoms with Crippen molar-refractivity contribution in [2.45, 2.75) is 57.9 Å². The SMILES string of the molecule is CON1C(=O)C(c2c(C)cccc2C)=C(OC(=O)C2CC2)C12CCC(=O)CC2. The van der Waals surface area contributed by atoms with E-state index < -0.39 is 5.54 Å². The van der Waals surface area contributed by atoms with Crippen molar-refractivity contribution in [1.29, 1.82) is 0 Å². The monoisotopic (exact) mass is 383 g/mol. The van der Waals surface area contributed by atoms with Gasteiger partial charge in [-0.25, -0.2) is 5.06 Å². The zero-order chi connectivity index (χ0) is 20.1. The van der Waals surface area contributed by atoms with E-state index in [4.69, 9.17) is 9.57 Å². The van der Waals surface area contributed by atoms with Crippen LogP contribution < -0.4 is 0 Å². The molecule has 1 amide bonds. The summed E-state index contributed by atoms with van der Waals surface area (Å²) in [6.45, 7) is 3.88. The van der Waals surface area contributed by atoms with Crippen LogP contribution in [0.5, 0.6) is 0 Å². The first-order chi connectivity index (χ1) is 13.4. The third-order valence-corrected chi connectivity index (χ3v) is 6.10. The average molecular weight is 383 g/mol. The van der Waals surface area contributed by atoms with Gasteiger partial charge in [0.1, 0.15) is 17.1 Å². The summed E-state index contributed by atoms with van der Waals surface area (Å²) >= 11 is 0. The molecule has 1 aromatic rings.